The van der Waals surface area contributed by atoms with Gasteiger partial charge in [-0.1, -0.05) is 11.6 Å². The lowest BCUT2D eigenvalue weighted by Gasteiger charge is -2.15. The second-order valence-corrected chi connectivity index (χ2v) is 4.46. The summed E-state index contributed by atoms with van der Waals surface area (Å²) in [5, 5.41) is 0.579. The number of hydrogen-bond acceptors (Lipinski definition) is 2. The van der Waals surface area contributed by atoms with Crippen molar-refractivity contribution in [2.45, 2.75) is 19.0 Å². The van der Waals surface area contributed by atoms with Crippen molar-refractivity contribution in [2.24, 2.45) is 5.73 Å². The molecule has 0 amide bonds. The molecule has 82 valence electrons. The molecule has 0 bridgehead atoms. The molecule has 1 heterocycles. The Morgan fingerprint density at radius 3 is 3.00 bits per heavy atom. The Kier molecular flexibility index (Phi) is 3.24. The molecule has 1 unspecified atom stereocenters. The van der Waals surface area contributed by atoms with E-state index in [9.17, 15) is 4.39 Å². The molecule has 0 radical (unpaired) electrons. The fourth-order valence-electron chi connectivity index (χ4n) is 1.91. The SMILES string of the molecule is NC1CCN(Cc2cc(Cl)ccc2F)C1. The average Bonchev–Trinajstić information content (AvgIpc) is 2.58. The molecule has 1 fully saturated rings. The number of rotatable bonds is 2. The van der Waals surface area contributed by atoms with E-state index in [-0.39, 0.29) is 11.9 Å². The summed E-state index contributed by atoms with van der Waals surface area (Å²) < 4.78 is 13.4. The van der Waals surface area contributed by atoms with Crippen molar-refractivity contribution in [2.75, 3.05) is 13.1 Å². The van der Waals surface area contributed by atoms with Gasteiger partial charge in [0.2, 0.25) is 0 Å². The lowest BCUT2D eigenvalue weighted by molar-refractivity contribution is 0.321. The van der Waals surface area contributed by atoms with Crippen molar-refractivity contribution in [3.8, 4) is 0 Å². The van der Waals surface area contributed by atoms with Crippen molar-refractivity contribution in [3.63, 3.8) is 0 Å². The first-order chi connectivity index (χ1) is 7.15. The second-order valence-electron chi connectivity index (χ2n) is 4.02. The first-order valence-corrected chi connectivity index (χ1v) is 5.45. The first-order valence-electron chi connectivity index (χ1n) is 5.07. The standard InChI is InChI=1S/C11H14ClFN2/c12-9-1-2-11(13)8(5-9)6-15-4-3-10(14)7-15/h1-2,5,10H,3-4,6-7,14H2. The molecule has 1 aliphatic rings. The van der Waals surface area contributed by atoms with Crippen LogP contribution in [0.1, 0.15) is 12.0 Å². The Bertz CT molecular complexity index is 356. The third-order valence-corrected chi connectivity index (χ3v) is 2.95. The molecule has 2 rings (SSSR count). The summed E-state index contributed by atoms with van der Waals surface area (Å²) in [4.78, 5) is 2.15. The van der Waals surface area contributed by atoms with Crippen LogP contribution in [0, 0.1) is 5.82 Å². The normalized spacial score (nSPS) is 22.2. The molecule has 1 aliphatic heterocycles. The monoisotopic (exact) mass is 228 g/mol. The zero-order valence-electron chi connectivity index (χ0n) is 8.42. The number of nitrogens with two attached hydrogens (primary N) is 1. The van der Waals surface area contributed by atoms with E-state index in [1.807, 2.05) is 0 Å². The van der Waals surface area contributed by atoms with Gasteiger partial charge in [0, 0.05) is 36.3 Å². The molecule has 4 heteroatoms. The van der Waals surface area contributed by atoms with E-state index in [2.05, 4.69) is 4.90 Å². The minimum absolute atomic E-state index is 0.195. The molecule has 1 aromatic rings. The van der Waals surface area contributed by atoms with Crippen LogP contribution in [-0.4, -0.2) is 24.0 Å². The minimum atomic E-state index is -0.195. The van der Waals surface area contributed by atoms with E-state index in [0.717, 1.165) is 19.5 Å². The van der Waals surface area contributed by atoms with Gasteiger partial charge in [0.15, 0.2) is 0 Å². The van der Waals surface area contributed by atoms with Crippen molar-refractivity contribution in [1.29, 1.82) is 0 Å². The van der Waals surface area contributed by atoms with E-state index in [1.54, 1.807) is 12.1 Å². The summed E-state index contributed by atoms with van der Waals surface area (Å²) >= 11 is 5.82. The highest BCUT2D eigenvalue weighted by Crippen LogP contribution is 2.18. The van der Waals surface area contributed by atoms with Gasteiger partial charge in [-0.2, -0.15) is 0 Å². The predicted octanol–water partition coefficient (Wildman–Crippen LogP) is 2.01. The zero-order valence-corrected chi connectivity index (χ0v) is 9.17. The van der Waals surface area contributed by atoms with Crippen molar-refractivity contribution >= 4 is 11.6 Å². The Morgan fingerprint density at radius 2 is 2.33 bits per heavy atom. The van der Waals surface area contributed by atoms with Gasteiger partial charge in [-0.15, -0.1) is 0 Å². The van der Waals surface area contributed by atoms with Gasteiger partial charge in [0.1, 0.15) is 5.82 Å². The molecule has 2 N–H and O–H groups in total. The maximum absolute atomic E-state index is 13.4. The van der Waals surface area contributed by atoms with Crippen LogP contribution < -0.4 is 5.73 Å². The molecule has 0 spiro atoms. The number of likely N-dealkylation sites (tertiary alicyclic amines) is 1. The van der Waals surface area contributed by atoms with Crippen LogP contribution in [-0.2, 0) is 6.54 Å². The largest absolute Gasteiger partial charge is 0.326 e. The van der Waals surface area contributed by atoms with Crippen LogP contribution in [0.2, 0.25) is 5.02 Å². The molecule has 15 heavy (non-hydrogen) atoms. The lowest BCUT2D eigenvalue weighted by atomic mass is 10.2. The van der Waals surface area contributed by atoms with Gasteiger partial charge in [-0.05, 0) is 24.6 Å². The summed E-state index contributed by atoms with van der Waals surface area (Å²) in [7, 11) is 0. The fraction of sp³-hybridized carbons (Fsp3) is 0.455. The summed E-state index contributed by atoms with van der Waals surface area (Å²) in [5.74, 6) is -0.195. The Morgan fingerprint density at radius 1 is 1.53 bits per heavy atom. The van der Waals surface area contributed by atoms with Crippen molar-refractivity contribution in [1.82, 2.24) is 4.90 Å². The third kappa shape index (κ3) is 2.68. The van der Waals surface area contributed by atoms with Crippen LogP contribution in [0.5, 0.6) is 0 Å². The second kappa shape index (κ2) is 4.47. The lowest BCUT2D eigenvalue weighted by Crippen LogP contribution is -2.26. The number of halogens is 2. The van der Waals surface area contributed by atoms with Crippen LogP contribution in [0.4, 0.5) is 4.39 Å². The summed E-state index contributed by atoms with van der Waals surface area (Å²) in [6.07, 6.45) is 0.988. The molecule has 1 aromatic carbocycles. The minimum Gasteiger partial charge on any atom is -0.326 e. The number of nitrogens with zero attached hydrogens (tertiary/aromatic N) is 1. The van der Waals surface area contributed by atoms with Crippen LogP contribution in [0.25, 0.3) is 0 Å². The summed E-state index contributed by atoms with van der Waals surface area (Å²) in [6, 6.07) is 4.89. The maximum atomic E-state index is 13.4. The van der Waals surface area contributed by atoms with Crippen LogP contribution in [0.3, 0.4) is 0 Å². The van der Waals surface area contributed by atoms with Crippen molar-refractivity contribution < 1.29 is 4.39 Å². The van der Waals surface area contributed by atoms with E-state index >= 15 is 0 Å². The van der Waals surface area contributed by atoms with E-state index < -0.39 is 0 Å². The van der Waals surface area contributed by atoms with E-state index in [0.29, 0.717) is 17.1 Å². The maximum Gasteiger partial charge on any atom is 0.127 e. The topological polar surface area (TPSA) is 29.3 Å². The van der Waals surface area contributed by atoms with Crippen LogP contribution in [0.15, 0.2) is 18.2 Å². The molecule has 0 aliphatic carbocycles. The fourth-order valence-corrected chi connectivity index (χ4v) is 2.11. The van der Waals surface area contributed by atoms with Crippen LogP contribution >= 0.6 is 11.6 Å². The van der Waals surface area contributed by atoms with E-state index in [1.165, 1.54) is 6.07 Å². The van der Waals surface area contributed by atoms with E-state index in [4.69, 9.17) is 17.3 Å². The smallest absolute Gasteiger partial charge is 0.127 e. The number of hydrogen-bond donors (Lipinski definition) is 1. The Balaban J connectivity index is 2.07. The average molecular weight is 229 g/mol. The van der Waals surface area contributed by atoms with Gasteiger partial charge in [-0.3, -0.25) is 4.90 Å². The van der Waals surface area contributed by atoms with Gasteiger partial charge in [0.25, 0.3) is 0 Å². The third-order valence-electron chi connectivity index (χ3n) is 2.71. The van der Waals surface area contributed by atoms with Gasteiger partial charge >= 0.3 is 0 Å². The highest BCUT2D eigenvalue weighted by Gasteiger charge is 2.19. The quantitative estimate of drug-likeness (QED) is 0.839. The summed E-state index contributed by atoms with van der Waals surface area (Å²) in [6.45, 7) is 2.37. The zero-order chi connectivity index (χ0) is 10.8. The van der Waals surface area contributed by atoms with Crippen molar-refractivity contribution in [3.05, 3.63) is 34.6 Å². The predicted molar refractivity (Wildman–Crippen MR) is 59.3 cm³/mol. The molecular weight excluding hydrogens is 215 g/mol. The van der Waals surface area contributed by atoms with Gasteiger partial charge < -0.3 is 5.73 Å². The Labute approximate surface area is 93.8 Å². The summed E-state index contributed by atoms with van der Waals surface area (Å²) in [5.41, 5.74) is 6.43. The number of benzene rings is 1. The molecule has 0 aromatic heterocycles. The molecule has 1 saturated heterocycles. The van der Waals surface area contributed by atoms with Gasteiger partial charge in [-0.25, -0.2) is 4.39 Å². The Hall–Kier alpha value is -0.640. The van der Waals surface area contributed by atoms with Gasteiger partial charge in [0.05, 0.1) is 0 Å². The first kappa shape index (κ1) is 10.9. The highest BCUT2D eigenvalue weighted by molar-refractivity contribution is 6.30. The molecule has 2 nitrogen and oxygen atoms in total. The molecular formula is C11H14ClFN2. The highest BCUT2D eigenvalue weighted by atomic mass is 35.5. The molecule has 0 saturated carbocycles. The molecule has 1 atom stereocenters.